The number of hydrogen-bond acceptors (Lipinski definition) is 3. The van der Waals surface area contributed by atoms with Gasteiger partial charge in [0.05, 0.1) is 0 Å². The first-order valence-corrected chi connectivity index (χ1v) is 5.43. The SMILES string of the molecule is CC(C)C(c1cccs1)C(N)C(=O)O. The minimum atomic E-state index is -0.933. The van der Waals surface area contributed by atoms with E-state index in [2.05, 4.69) is 0 Å². The van der Waals surface area contributed by atoms with Gasteiger partial charge in [0.1, 0.15) is 6.04 Å². The van der Waals surface area contributed by atoms with Gasteiger partial charge in [-0.05, 0) is 17.4 Å². The van der Waals surface area contributed by atoms with E-state index >= 15 is 0 Å². The number of nitrogens with two attached hydrogens (primary N) is 1. The molecule has 0 aliphatic carbocycles. The first kappa shape index (κ1) is 11.2. The van der Waals surface area contributed by atoms with Crippen molar-refractivity contribution in [2.75, 3.05) is 0 Å². The molecule has 14 heavy (non-hydrogen) atoms. The zero-order valence-corrected chi connectivity index (χ0v) is 9.12. The Morgan fingerprint density at radius 3 is 2.57 bits per heavy atom. The van der Waals surface area contributed by atoms with Crippen molar-refractivity contribution in [1.82, 2.24) is 0 Å². The smallest absolute Gasteiger partial charge is 0.321 e. The number of hydrogen-bond donors (Lipinski definition) is 2. The lowest BCUT2D eigenvalue weighted by Gasteiger charge is -2.23. The average molecular weight is 213 g/mol. The zero-order valence-electron chi connectivity index (χ0n) is 8.31. The van der Waals surface area contributed by atoms with Gasteiger partial charge in [-0.15, -0.1) is 11.3 Å². The Labute approximate surface area is 87.6 Å². The predicted molar refractivity (Wildman–Crippen MR) is 57.5 cm³/mol. The Balaban J connectivity index is 2.91. The molecular weight excluding hydrogens is 198 g/mol. The number of aliphatic carboxylic acids is 1. The van der Waals surface area contributed by atoms with Crippen LogP contribution in [0.15, 0.2) is 17.5 Å². The van der Waals surface area contributed by atoms with Crippen LogP contribution in [-0.2, 0) is 4.79 Å². The summed E-state index contributed by atoms with van der Waals surface area (Å²) >= 11 is 1.56. The van der Waals surface area contributed by atoms with Gasteiger partial charge in [-0.2, -0.15) is 0 Å². The molecule has 0 aromatic carbocycles. The molecule has 1 aromatic heterocycles. The lowest BCUT2D eigenvalue weighted by Crippen LogP contribution is -2.38. The van der Waals surface area contributed by atoms with Crippen LogP contribution in [0.3, 0.4) is 0 Å². The van der Waals surface area contributed by atoms with Crippen LogP contribution in [0.25, 0.3) is 0 Å². The Morgan fingerprint density at radius 2 is 2.21 bits per heavy atom. The van der Waals surface area contributed by atoms with Crippen molar-refractivity contribution in [3.8, 4) is 0 Å². The molecule has 0 aliphatic rings. The third kappa shape index (κ3) is 2.33. The first-order chi connectivity index (χ1) is 6.54. The van der Waals surface area contributed by atoms with E-state index < -0.39 is 12.0 Å². The van der Waals surface area contributed by atoms with Crippen LogP contribution in [0.2, 0.25) is 0 Å². The minimum Gasteiger partial charge on any atom is -0.480 e. The number of rotatable bonds is 4. The standard InChI is InChI=1S/C10H15NO2S/c1-6(2)8(9(11)10(12)13)7-4-3-5-14-7/h3-6,8-9H,11H2,1-2H3,(H,12,13). The summed E-state index contributed by atoms with van der Waals surface area (Å²) in [7, 11) is 0. The normalized spacial score (nSPS) is 15.4. The first-order valence-electron chi connectivity index (χ1n) is 4.55. The maximum atomic E-state index is 10.8. The van der Waals surface area contributed by atoms with Crippen molar-refractivity contribution < 1.29 is 9.90 Å². The summed E-state index contributed by atoms with van der Waals surface area (Å²) < 4.78 is 0. The number of carbonyl (C=O) groups is 1. The highest BCUT2D eigenvalue weighted by Gasteiger charge is 2.28. The van der Waals surface area contributed by atoms with Gasteiger partial charge in [0.2, 0.25) is 0 Å². The molecule has 0 aliphatic heterocycles. The minimum absolute atomic E-state index is 0.0903. The molecule has 4 heteroatoms. The number of carboxylic acid groups (broad SMARTS) is 1. The molecule has 3 N–H and O–H groups in total. The number of carboxylic acids is 1. The van der Waals surface area contributed by atoms with Crippen molar-refractivity contribution in [3.63, 3.8) is 0 Å². The highest BCUT2D eigenvalue weighted by Crippen LogP contribution is 2.30. The fraction of sp³-hybridized carbons (Fsp3) is 0.500. The van der Waals surface area contributed by atoms with Gasteiger partial charge in [0.15, 0.2) is 0 Å². The molecule has 2 atom stereocenters. The third-order valence-corrected chi connectivity index (χ3v) is 3.24. The zero-order chi connectivity index (χ0) is 10.7. The van der Waals surface area contributed by atoms with E-state index in [0.29, 0.717) is 0 Å². The van der Waals surface area contributed by atoms with E-state index in [9.17, 15) is 4.79 Å². The molecule has 0 amide bonds. The lowest BCUT2D eigenvalue weighted by molar-refractivity contribution is -0.139. The van der Waals surface area contributed by atoms with E-state index in [0.717, 1.165) is 4.88 Å². The summed E-state index contributed by atoms with van der Waals surface area (Å²) in [4.78, 5) is 11.9. The molecule has 78 valence electrons. The van der Waals surface area contributed by atoms with E-state index in [1.54, 1.807) is 11.3 Å². The van der Waals surface area contributed by atoms with Crippen molar-refractivity contribution >= 4 is 17.3 Å². The molecule has 2 unspecified atom stereocenters. The Hall–Kier alpha value is -0.870. The van der Waals surface area contributed by atoms with Gasteiger partial charge in [-0.25, -0.2) is 0 Å². The Bertz CT molecular complexity index is 295. The van der Waals surface area contributed by atoms with Crippen LogP contribution in [0.4, 0.5) is 0 Å². The highest BCUT2D eigenvalue weighted by atomic mass is 32.1. The summed E-state index contributed by atoms with van der Waals surface area (Å²) in [6.45, 7) is 3.99. The molecule has 0 spiro atoms. The average Bonchev–Trinajstić information content (AvgIpc) is 2.56. The van der Waals surface area contributed by atoms with Gasteiger partial charge in [-0.1, -0.05) is 19.9 Å². The van der Waals surface area contributed by atoms with Gasteiger partial charge in [0, 0.05) is 10.8 Å². The molecule has 0 saturated heterocycles. The molecule has 0 bridgehead atoms. The topological polar surface area (TPSA) is 63.3 Å². The molecule has 1 heterocycles. The van der Waals surface area contributed by atoms with Crippen molar-refractivity contribution in [3.05, 3.63) is 22.4 Å². The summed E-state index contributed by atoms with van der Waals surface area (Å²) in [5, 5.41) is 10.8. The van der Waals surface area contributed by atoms with Crippen LogP contribution in [0, 0.1) is 5.92 Å². The van der Waals surface area contributed by atoms with E-state index in [-0.39, 0.29) is 11.8 Å². The van der Waals surface area contributed by atoms with Crippen molar-refractivity contribution in [2.45, 2.75) is 25.8 Å². The Kier molecular flexibility index (Phi) is 3.66. The molecule has 0 saturated carbocycles. The van der Waals surface area contributed by atoms with E-state index in [4.69, 9.17) is 10.8 Å². The molecular formula is C10H15NO2S. The van der Waals surface area contributed by atoms with Gasteiger partial charge in [-0.3, -0.25) is 4.79 Å². The fourth-order valence-corrected chi connectivity index (χ4v) is 2.60. The molecule has 0 fully saturated rings. The monoisotopic (exact) mass is 213 g/mol. The van der Waals surface area contributed by atoms with Crippen LogP contribution < -0.4 is 5.73 Å². The second kappa shape index (κ2) is 4.57. The van der Waals surface area contributed by atoms with Crippen molar-refractivity contribution in [2.24, 2.45) is 11.7 Å². The predicted octanol–water partition coefficient (Wildman–Crippen LogP) is 1.90. The second-order valence-corrected chi connectivity index (χ2v) is 4.63. The second-order valence-electron chi connectivity index (χ2n) is 3.65. The summed E-state index contributed by atoms with van der Waals surface area (Å²) in [6.07, 6.45) is 0. The summed E-state index contributed by atoms with van der Waals surface area (Å²) in [6, 6.07) is 3.05. The van der Waals surface area contributed by atoms with Crippen LogP contribution in [0.1, 0.15) is 24.6 Å². The highest BCUT2D eigenvalue weighted by molar-refractivity contribution is 7.10. The summed E-state index contributed by atoms with van der Waals surface area (Å²) in [5.41, 5.74) is 5.66. The molecule has 3 nitrogen and oxygen atoms in total. The Morgan fingerprint density at radius 1 is 1.57 bits per heavy atom. The lowest BCUT2D eigenvalue weighted by atomic mass is 9.87. The third-order valence-electron chi connectivity index (χ3n) is 2.26. The van der Waals surface area contributed by atoms with Crippen LogP contribution in [-0.4, -0.2) is 17.1 Å². The molecule has 1 aromatic rings. The maximum absolute atomic E-state index is 10.8. The number of thiophene rings is 1. The van der Waals surface area contributed by atoms with E-state index in [1.807, 2.05) is 31.4 Å². The fourth-order valence-electron chi connectivity index (χ4n) is 1.55. The largest absolute Gasteiger partial charge is 0.480 e. The van der Waals surface area contributed by atoms with Crippen LogP contribution >= 0.6 is 11.3 Å². The maximum Gasteiger partial charge on any atom is 0.321 e. The van der Waals surface area contributed by atoms with Gasteiger partial charge in [0.25, 0.3) is 0 Å². The van der Waals surface area contributed by atoms with E-state index in [1.165, 1.54) is 0 Å². The van der Waals surface area contributed by atoms with Crippen molar-refractivity contribution in [1.29, 1.82) is 0 Å². The molecule has 1 rings (SSSR count). The summed E-state index contributed by atoms with van der Waals surface area (Å²) in [5.74, 6) is -0.788. The van der Waals surface area contributed by atoms with Gasteiger partial charge < -0.3 is 10.8 Å². The van der Waals surface area contributed by atoms with Crippen LogP contribution in [0.5, 0.6) is 0 Å². The van der Waals surface area contributed by atoms with Gasteiger partial charge >= 0.3 is 5.97 Å². The quantitative estimate of drug-likeness (QED) is 0.803. The molecule has 0 radical (unpaired) electrons.